The number of aryl methyl sites for hydroxylation is 1. The molecular weight excluding hydrogens is 252 g/mol. The van der Waals surface area contributed by atoms with Gasteiger partial charge < -0.3 is 14.8 Å². The molecule has 0 bridgehead atoms. The Kier molecular flexibility index (Phi) is 3.18. The zero-order chi connectivity index (χ0) is 14.1. The Hall–Kier alpha value is -2.30. The number of imidazole rings is 1. The van der Waals surface area contributed by atoms with Crippen LogP contribution in [0, 0.1) is 0 Å². The van der Waals surface area contributed by atoms with Gasteiger partial charge in [0.1, 0.15) is 0 Å². The van der Waals surface area contributed by atoms with Crippen molar-refractivity contribution in [2.24, 2.45) is 7.05 Å². The second kappa shape index (κ2) is 5.00. The van der Waals surface area contributed by atoms with E-state index >= 15 is 0 Å². The van der Waals surface area contributed by atoms with Crippen molar-refractivity contribution in [1.29, 1.82) is 0 Å². The number of anilines is 1. The van der Waals surface area contributed by atoms with E-state index in [4.69, 9.17) is 0 Å². The van der Waals surface area contributed by atoms with Gasteiger partial charge in [0.05, 0.1) is 24.1 Å². The number of para-hydroxylation sites is 1. The van der Waals surface area contributed by atoms with Crippen LogP contribution in [0.3, 0.4) is 0 Å². The number of amides is 1. The predicted octanol–water partition coefficient (Wildman–Crippen LogP) is 1.56. The van der Waals surface area contributed by atoms with E-state index in [1.807, 2.05) is 49.0 Å². The van der Waals surface area contributed by atoms with Gasteiger partial charge in [-0.3, -0.25) is 4.79 Å². The number of rotatable bonds is 2. The van der Waals surface area contributed by atoms with Gasteiger partial charge in [-0.1, -0.05) is 12.1 Å². The largest absolute Gasteiger partial charge is 0.363 e. The van der Waals surface area contributed by atoms with Crippen molar-refractivity contribution in [3.05, 3.63) is 48.0 Å². The van der Waals surface area contributed by atoms with Gasteiger partial charge in [-0.2, -0.15) is 0 Å². The lowest BCUT2D eigenvalue weighted by Crippen LogP contribution is -2.38. The molecule has 1 aromatic carbocycles. The van der Waals surface area contributed by atoms with Crippen LogP contribution >= 0.6 is 0 Å². The first-order chi connectivity index (χ1) is 9.65. The third-order valence-corrected chi connectivity index (χ3v) is 3.63. The van der Waals surface area contributed by atoms with E-state index in [1.54, 1.807) is 6.33 Å². The van der Waals surface area contributed by atoms with E-state index in [9.17, 15) is 4.79 Å². The van der Waals surface area contributed by atoms with Crippen molar-refractivity contribution >= 4 is 11.6 Å². The molecule has 0 spiro atoms. The summed E-state index contributed by atoms with van der Waals surface area (Å²) in [4.78, 5) is 18.6. The lowest BCUT2D eigenvalue weighted by atomic mass is 10.1. The molecule has 2 heterocycles. The van der Waals surface area contributed by atoms with Crippen LogP contribution in [0.1, 0.15) is 23.0 Å². The number of fused-ring (bicyclic) bond motifs is 1. The minimum atomic E-state index is 0.000561. The zero-order valence-electron chi connectivity index (χ0n) is 11.7. The Morgan fingerprint density at radius 3 is 2.95 bits per heavy atom. The number of hydrogen-bond acceptors (Lipinski definition) is 3. The zero-order valence-corrected chi connectivity index (χ0v) is 11.7. The fraction of sp³-hybridized carbons (Fsp3) is 0.333. The fourth-order valence-corrected chi connectivity index (χ4v) is 2.60. The van der Waals surface area contributed by atoms with Gasteiger partial charge in [0.2, 0.25) is 0 Å². The van der Waals surface area contributed by atoms with Crippen LogP contribution in [0.5, 0.6) is 0 Å². The minimum absolute atomic E-state index is 0.000561. The second-order valence-corrected chi connectivity index (χ2v) is 5.27. The van der Waals surface area contributed by atoms with E-state index < -0.39 is 0 Å². The van der Waals surface area contributed by atoms with Crippen molar-refractivity contribution in [2.75, 3.05) is 11.4 Å². The van der Waals surface area contributed by atoms with Crippen LogP contribution in [-0.4, -0.2) is 28.0 Å². The molecule has 0 radical (unpaired) electrons. The summed E-state index contributed by atoms with van der Waals surface area (Å²) in [5.74, 6) is 0.000561. The van der Waals surface area contributed by atoms with Gasteiger partial charge >= 0.3 is 0 Å². The molecule has 20 heavy (non-hydrogen) atoms. The van der Waals surface area contributed by atoms with Crippen molar-refractivity contribution in [3.8, 4) is 0 Å². The Morgan fingerprint density at radius 2 is 2.20 bits per heavy atom. The summed E-state index contributed by atoms with van der Waals surface area (Å²) in [7, 11) is 1.99. The van der Waals surface area contributed by atoms with Crippen molar-refractivity contribution < 1.29 is 4.79 Å². The Labute approximate surface area is 118 Å². The average Bonchev–Trinajstić information content (AvgIpc) is 2.78. The fourth-order valence-electron chi connectivity index (χ4n) is 2.60. The van der Waals surface area contributed by atoms with Crippen molar-refractivity contribution in [3.63, 3.8) is 0 Å². The third kappa shape index (κ3) is 2.27. The highest BCUT2D eigenvalue weighted by Gasteiger charge is 2.24. The van der Waals surface area contributed by atoms with Crippen LogP contribution in [0.15, 0.2) is 36.8 Å². The van der Waals surface area contributed by atoms with Gasteiger partial charge in [0, 0.05) is 31.5 Å². The number of hydrogen-bond donors (Lipinski definition) is 1. The van der Waals surface area contributed by atoms with Gasteiger partial charge in [-0.05, 0) is 19.1 Å². The maximum atomic E-state index is 12.2. The number of nitrogens with zero attached hydrogens (tertiary/aromatic N) is 3. The normalized spacial score (nSPS) is 18.4. The van der Waals surface area contributed by atoms with Crippen LogP contribution in [0.25, 0.3) is 0 Å². The molecule has 5 heteroatoms. The molecule has 1 N–H and O–H groups in total. The van der Waals surface area contributed by atoms with Gasteiger partial charge in [-0.15, -0.1) is 0 Å². The summed E-state index contributed by atoms with van der Waals surface area (Å²) in [6.45, 7) is 3.56. The highest BCUT2D eigenvalue weighted by atomic mass is 16.1. The van der Waals surface area contributed by atoms with Crippen LogP contribution < -0.4 is 10.2 Å². The van der Waals surface area contributed by atoms with Crippen molar-refractivity contribution in [2.45, 2.75) is 19.5 Å². The monoisotopic (exact) mass is 270 g/mol. The predicted molar refractivity (Wildman–Crippen MR) is 77.6 cm³/mol. The summed E-state index contributed by atoms with van der Waals surface area (Å²) < 4.78 is 2.01. The SMILES string of the molecule is CC1CN(Cc2cncn2C)c2ccccc2C(=O)N1. The molecular formula is C15H18N4O. The first-order valence-electron chi connectivity index (χ1n) is 6.75. The highest BCUT2D eigenvalue weighted by molar-refractivity contribution is 6.00. The third-order valence-electron chi connectivity index (χ3n) is 3.63. The van der Waals surface area contributed by atoms with E-state index in [0.29, 0.717) is 0 Å². The van der Waals surface area contributed by atoms with Gasteiger partial charge in [0.15, 0.2) is 0 Å². The molecule has 0 saturated heterocycles. The quantitative estimate of drug-likeness (QED) is 0.901. The second-order valence-electron chi connectivity index (χ2n) is 5.27. The molecule has 5 nitrogen and oxygen atoms in total. The van der Waals surface area contributed by atoms with Crippen LogP contribution in [-0.2, 0) is 13.6 Å². The summed E-state index contributed by atoms with van der Waals surface area (Å²) in [5.41, 5.74) is 2.84. The number of carbonyl (C=O) groups excluding carboxylic acids is 1. The summed E-state index contributed by atoms with van der Waals surface area (Å²) in [5, 5.41) is 3.02. The van der Waals surface area contributed by atoms with E-state index in [2.05, 4.69) is 15.2 Å². The Balaban J connectivity index is 1.98. The van der Waals surface area contributed by atoms with E-state index in [0.717, 1.165) is 30.0 Å². The minimum Gasteiger partial charge on any atom is -0.363 e. The molecule has 3 rings (SSSR count). The molecule has 2 aromatic rings. The van der Waals surface area contributed by atoms with Gasteiger partial charge in [0.25, 0.3) is 5.91 Å². The summed E-state index contributed by atoms with van der Waals surface area (Å²) >= 11 is 0. The molecule has 1 amide bonds. The first kappa shape index (κ1) is 12.7. The molecule has 0 fully saturated rings. The number of nitrogens with one attached hydrogen (secondary N) is 1. The van der Waals surface area contributed by atoms with Crippen molar-refractivity contribution in [1.82, 2.24) is 14.9 Å². The summed E-state index contributed by atoms with van der Waals surface area (Å²) in [6.07, 6.45) is 3.67. The van der Waals surface area contributed by atoms with Crippen LogP contribution in [0.2, 0.25) is 0 Å². The van der Waals surface area contributed by atoms with Crippen LogP contribution in [0.4, 0.5) is 5.69 Å². The average molecular weight is 270 g/mol. The number of carbonyl (C=O) groups is 1. The smallest absolute Gasteiger partial charge is 0.253 e. The summed E-state index contributed by atoms with van der Waals surface area (Å²) in [6, 6.07) is 7.86. The standard InChI is InChI=1S/C15H18N4O/c1-11-8-19(9-12-7-16-10-18(12)2)14-6-4-3-5-13(14)15(20)17-11/h3-7,10-11H,8-9H2,1-2H3,(H,17,20). The van der Waals surface area contributed by atoms with E-state index in [1.165, 1.54) is 0 Å². The molecule has 0 saturated carbocycles. The van der Waals surface area contributed by atoms with E-state index in [-0.39, 0.29) is 11.9 Å². The lowest BCUT2D eigenvalue weighted by Gasteiger charge is -2.26. The molecule has 1 aliphatic rings. The maximum Gasteiger partial charge on any atom is 0.253 e. The molecule has 1 aromatic heterocycles. The molecule has 1 unspecified atom stereocenters. The number of benzene rings is 1. The Bertz CT molecular complexity index is 634. The molecule has 0 aliphatic carbocycles. The van der Waals surface area contributed by atoms with Gasteiger partial charge in [-0.25, -0.2) is 4.98 Å². The number of aromatic nitrogens is 2. The molecule has 1 aliphatic heterocycles. The first-order valence-corrected chi connectivity index (χ1v) is 6.75. The Morgan fingerprint density at radius 1 is 1.40 bits per heavy atom. The lowest BCUT2D eigenvalue weighted by molar-refractivity contribution is 0.0945. The maximum absolute atomic E-state index is 12.2. The highest BCUT2D eigenvalue weighted by Crippen LogP contribution is 2.24. The molecule has 1 atom stereocenters. The molecule has 104 valence electrons. The topological polar surface area (TPSA) is 50.2 Å².